The summed E-state index contributed by atoms with van der Waals surface area (Å²) in [6.07, 6.45) is 1.83. The molecule has 28 heavy (non-hydrogen) atoms. The van der Waals surface area contributed by atoms with E-state index in [2.05, 4.69) is 5.32 Å². The highest BCUT2D eigenvalue weighted by molar-refractivity contribution is 8.04. The third-order valence-corrected chi connectivity index (χ3v) is 5.71. The summed E-state index contributed by atoms with van der Waals surface area (Å²) in [6, 6.07) is 13.0. The Morgan fingerprint density at radius 3 is 2.82 bits per heavy atom. The van der Waals surface area contributed by atoms with Gasteiger partial charge < -0.3 is 19.7 Å². The number of benzene rings is 2. The molecule has 0 atom stereocenters. The first kappa shape index (κ1) is 18.6. The molecule has 144 valence electrons. The van der Waals surface area contributed by atoms with Crippen molar-refractivity contribution < 1.29 is 19.1 Å². The highest BCUT2D eigenvalue weighted by Gasteiger charge is 2.24. The number of fused-ring (bicyclic) bond motifs is 1. The highest BCUT2D eigenvalue weighted by atomic mass is 32.2. The summed E-state index contributed by atoms with van der Waals surface area (Å²) in [7, 11) is 1.61. The summed E-state index contributed by atoms with van der Waals surface area (Å²) in [5, 5.41) is 2.90. The summed E-state index contributed by atoms with van der Waals surface area (Å²) in [5.74, 6) is 0.515. The van der Waals surface area contributed by atoms with Crippen molar-refractivity contribution in [3.63, 3.8) is 0 Å². The molecule has 1 fully saturated rings. The molecule has 2 heterocycles. The van der Waals surface area contributed by atoms with Crippen LogP contribution in [-0.4, -0.2) is 50.1 Å². The smallest absolute Gasteiger partial charge is 0.262 e. The molecule has 2 aliphatic rings. The van der Waals surface area contributed by atoms with Crippen LogP contribution in [0.15, 0.2) is 52.3 Å². The first-order valence-corrected chi connectivity index (χ1v) is 9.82. The van der Waals surface area contributed by atoms with Gasteiger partial charge in [0.1, 0.15) is 5.75 Å². The van der Waals surface area contributed by atoms with Gasteiger partial charge in [0.2, 0.25) is 0 Å². The third kappa shape index (κ3) is 3.90. The maximum atomic E-state index is 12.7. The lowest BCUT2D eigenvalue weighted by atomic mass is 10.1. The van der Waals surface area contributed by atoms with Crippen molar-refractivity contribution in [1.29, 1.82) is 0 Å². The number of carbonyl (C=O) groups excluding carboxylic acids is 2. The Kier molecular flexibility index (Phi) is 5.36. The number of nitrogens with zero attached hydrogens (tertiary/aromatic N) is 1. The summed E-state index contributed by atoms with van der Waals surface area (Å²) in [5.41, 5.74) is 2.12. The molecule has 2 aromatic carbocycles. The molecule has 1 saturated heterocycles. The number of carbonyl (C=O) groups is 2. The van der Waals surface area contributed by atoms with E-state index in [0.717, 1.165) is 16.2 Å². The zero-order chi connectivity index (χ0) is 19.5. The van der Waals surface area contributed by atoms with Crippen LogP contribution in [0, 0.1) is 0 Å². The van der Waals surface area contributed by atoms with Gasteiger partial charge in [-0.25, -0.2) is 0 Å². The lowest BCUT2D eigenvalue weighted by Crippen LogP contribution is -2.40. The van der Waals surface area contributed by atoms with Crippen LogP contribution in [0.5, 0.6) is 5.75 Å². The standard InChI is InChI=1S/C21H20N2O4S/c1-26-16-4-2-3-14(11-16)12-19-20(24)22-17-13-15(5-6-18(17)28-19)21(25)23-7-9-27-10-8-23/h2-6,11-13H,7-10H2,1H3,(H,22,24)/b19-12+. The third-order valence-electron chi connectivity index (χ3n) is 4.61. The monoisotopic (exact) mass is 396 g/mol. The molecular weight excluding hydrogens is 376 g/mol. The Morgan fingerprint density at radius 2 is 2.04 bits per heavy atom. The minimum absolute atomic E-state index is 0.0388. The van der Waals surface area contributed by atoms with E-state index < -0.39 is 0 Å². The number of morpholine rings is 1. The summed E-state index contributed by atoms with van der Waals surface area (Å²) < 4.78 is 10.5. The van der Waals surface area contributed by atoms with Crippen molar-refractivity contribution in [2.24, 2.45) is 0 Å². The van der Waals surface area contributed by atoms with Gasteiger partial charge in [0.15, 0.2) is 0 Å². The van der Waals surface area contributed by atoms with Crippen LogP contribution in [0.25, 0.3) is 6.08 Å². The molecule has 2 aliphatic heterocycles. The van der Waals surface area contributed by atoms with Crippen molar-refractivity contribution in [1.82, 2.24) is 4.90 Å². The predicted molar refractivity (Wildman–Crippen MR) is 109 cm³/mol. The fraction of sp³-hybridized carbons (Fsp3) is 0.238. The van der Waals surface area contributed by atoms with E-state index in [1.54, 1.807) is 18.1 Å². The molecule has 0 bridgehead atoms. The Balaban J connectivity index is 1.56. The predicted octanol–water partition coefficient (Wildman–Crippen LogP) is 3.25. The van der Waals surface area contributed by atoms with E-state index in [9.17, 15) is 9.59 Å². The maximum Gasteiger partial charge on any atom is 0.262 e. The summed E-state index contributed by atoms with van der Waals surface area (Å²) in [4.78, 5) is 28.5. The van der Waals surface area contributed by atoms with Crippen molar-refractivity contribution in [2.45, 2.75) is 4.90 Å². The number of methoxy groups -OCH3 is 1. The first-order valence-electron chi connectivity index (χ1n) is 9.00. The van der Waals surface area contributed by atoms with Crippen molar-refractivity contribution >= 4 is 35.3 Å². The number of thioether (sulfide) groups is 1. The molecule has 4 rings (SSSR count). The second-order valence-electron chi connectivity index (χ2n) is 6.46. The van der Waals surface area contributed by atoms with Gasteiger partial charge in [-0.05, 0) is 42.0 Å². The highest BCUT2D eigenvalue weighted by Crippen LogP contribution is 2.39. The van der Waals surface area contributed by atoms with E-state index in [0.29, 0.717) is 42.5 Å². The van der Waals surface area contributed by atoms with E-state index in [1.807, 2.05) is 42.5 Å². The molecule has 7 heteroatoms. The number of rotatable bonds is 3. The van der Waals surface area contributed by atoms with Gasteiger partial charge >= 0.3 is 0 Å². The van der Waals surface area contributed by atoms with Crippen LogP contribution >= 0.6 is 11.8 Å². The molecule has 2 aromatic rings. The Bertz CT molecular complexity index is 951. The zero-order valence-electron chi connectivity index (χ0n) is 15.4. The quantitative estimate of drug-likeness (QED) is 0.807. The Labute approximate surface area is 167 Å². The second-order valence-corrected chi connectivity index (χ2v) is 7.54. The molecule has 0 spiro atoms. The minimum atomic E-state index is -0.184. The first-order chi connectivity index (χ1) is 13.6. The Morgan fingerprint density at radius 1 is 1.21 bits per heavy atom. The molecule has 6 nitrogen and oxygen atoms in total. The van der Waals surface area contributed by atoms with Gasteiger partial charge in [-0.2, -0.15) is 0 Å². The van der Waals surface area contributed by atoms with E-state index in [1.165, 1.54) is 11.8 Å². The molecule has 1 N–H and O–H groups in total. The summed E-state index contributed by atoms with van der Waals surface area (Å²) in [6.45, 7) is 2.29. The molecule has 2 amide bonds. The van der Waals surface area contributed by atoms with Crippen LogP contribution in [0.4, 0.5) is 5.69 Å². The minimum Gasteiger partial charge on any atom is -0.497 e. The van der Waals surface area contributed by atoms with Gasteiger partial charge in [-0.15, -0.1) is 0 Å². The molecule has 0 aliphatic carbocycles. The number of hydrogen-bond donors (Lipinski definition) is 1. The molecule has 0 unspecified atom stereocenters. The van der Waals surface area contributed by atoms with Crippen molar-refractivity contribution in [3.05, 3.63) is 58.5 Å². The number of hydrogen-bond acceptors (Lipinski definition) is 5. The second kappa shape index (κ2) is 8.08. The largest absolute Gasteiger partial charge is 0.497 e. The fourth-order valence-corrected chi connectivity index (χ4v) is 4.06. The van der Waals surface area contributed by atoms with Crippen molar-refractivity contribution in [2.75, 3.05) is 38.7 Å². The topological polar surface area (TPSA) is 67.9 Å². The lowest BCUT2D eigenvalue weighted by Gasteiger charge is -2.27. The van der Waals surface area contributed by atoms with Crippen LogP contribution in [-0.2, 0) is 9.53 Å². The average molecular weight is 396 g/mol. The van der Waals surface area contributed by atoms with Gasteiger partial charge in [-0.1, -0.05) is 23.9 Å². The Hall–Kier alpha value is -2.77. The number of amides is 2. The molecule has 0 radical (unpaired) electrons. The van der Waals surface area contributed by atoms with Gasteiger partial charge in [0, 0.05) is 23.5 Å². The maximum absolute atomic E-state index is 12.7. The number of anilines is 1. The average Bonchev–Trinajstić information content (AvgIpc) is 2.74. The molecular formula is C21H20N2O4S. The van der Waals surface area contributed by atoms with Crippen molar-refractivity contribution in [3.8, 4) is 5.75 Å². The zero-order valence-corrected chi connectivity index (χ0v) is 16.3. The lowest BCUT2D eigenvalue weighted by molar-refractivity contribution is -0.112. The van der Waals surface area contributed by atoms with Gasteiger partial charge in [0.05, 0.1) is 30.9 Å². The number of nitrogens with one attached hydrogen (secondary N) is 1. The van der Waals surface area contributed by atoms with Crippen LogP contribution in [0.2, 0.25) is 0 Å². The van der Waals surface area contributed by atoms with Gasteiger partial charge in [0.25, 0.3) is 11.8 Å². The van der Waals surface area contributed by atoms with E-state index in [-0.39, 0.29) is 11.8 Å². The SMILES string of the molecule is COc1cccc(/C=C2/Sc3ccc(C(=O)N4CCOCC4)cc3NC2=O)c1. The van der Waals surface area contributed by atoms with E-state index in [4.69, 9.17) is 9.47 Å². The number of ether oxygens (including phenoxy) is 2. The normalized spacial score (nSPS) is 17.8. The summed E-state index contributed by atoms with van der Waals surface area (Å²) >= 11 is 1.39. The van der Waals surface area contributed by atoms with Crippen LogP contribution < -0.4 is 10.1 Å². The fourth-order valence-electron chi connectivity index (χ4n) is 3.13. The molecule has 0 saturated carbocycles. The van der Waals surface area contributed by atoms with E-state index >= 15 is 0 Å². The molecule has 0 aromatic heterocycles. The van der Waals surface area contributed by atoms with Crippen LogP contribution in [0.1, 0.15) is 15.9 Å². The van der Waals surface area contributed by atoms with Gasteiger partial charge in [-0.3, -0.25) is 9.59 Å². The van der Waals surface area contributed by atoms with Crippen LogP contribution in [0.3, 0.4) is 0 Å².